The number of thiazole rings is 1. The summed E-state index contributed by atoms with van der Waals surface area (Å²) in [7, 11) is 0. The van der Waals surface area contributed by atoms with Gasteiger partial charge in [0, 0.05) is 17.0 Å². The van der Waals surface area contributed by atoms with Gasteiger partial charge in [0.1, 0.15) is 18.1 Å². The van der Waals surface area contributed by atoms with Crippen LogP contribution >= 0.6 is 23.1 Å². The van der Waals surface area contributed by atoms with Crippen molar-refractivity contribution in [2.75, 3.05) is 6.26 Å². The van der Waals surface area contributed by atoms with Crippen molar-refractivity contribution in [3.05, 3.63) is 149 Å². The predicted octanol–water partition coefficient (Wildman–Crippen LogP) is 5.87. The van der Waals surface area contributed by atoms with E-state index in [1.54, 1.807) is 55.1 Å². The van der Waals surface area contributed by atoms with Crippen LogP contribution in [0.25, 0.3) is 17.4 Å². The number of thioether (sulfide) groups is 1. The van der Waals surface area contributed by atoms with Gasteiger partial charge >= 0.3 is 5.97 Å². The predicted molar refractivity (Wildman–Crippen MR) is 169 cm³/mol. The van der Waals surface area contributed by atoms with Gasteiger partial charge in [-0.1, -0.05) is 65.9 Å². The Labute approximate surface area is 259 Å². The largest absolute Gasteiger partial charge is 0.457 e. The smallest absolute Gasteiger partial charge is 0.338 e. The molecular weight excluding hydrogens is 599 g/mol. The lowest BCUT2D eigenvalue weighted by atomic mass is 9.96. The van der Waals surface area contributed by atoms with Gasteiger partial charge in [-0.25, -0.2) is 9.79 Å². The molecule has 0 saturated heterocycles. The van der Waals surface area contributed by atoms with Crippen molar-refractivity contribution in [1.29, 1.82) is 0 Å². The molecule has 0 amide bonds. The maximum absolute atomic E-state index is 14.0. The first-order valence-electron chi connectivity index (χ1n) is 13.5. The normalized spacial score (nSPS) is 14.7. The van der Waals surface area contributed by atoms with Crippen molar-refractivity contribution in [2.45, 2.75) is 24.5 Å². The number of hydrogen-bond acceptors (Lipinski definition) is 9. The highest BCUT2D eigenvalue weighted by atomic mass is 32.2. The van der Waals surface area contributed by atoms with Crippen LogP contribution in [0.3, 0.4) is 0 Å². The fourth-order valence-corrected chi connectivity index (χ4v) is 6.47. The minimum Gasteiger partial charge on any atom is -0.457 e. The molecule has 9 nitrogen and oxygen atoms in total. The third-order valence-electron chi connectivity index (χ3n) is 7.15. The van der Waals surface area contributed by atoms with Crippen LogP contribution < -0.4 is 14.9 Å². The first-order valence-corrected chi connectivity index (χ1v) is 15.6. The number of benzene rings is 3. The first-order chi connectivity index (χ1) is 21.3. The standard InChI is InChI=1S/C33H25N3O6S2/c1-20-29(32(38)41-19-21-8-4-3-5-9-21)30(22-12-15-24(43-2)16-13-22)35-31(37)28(44-33(35)34-20)18-23-14-17-27(42-23)25-10-6-7-11-26(25)36(39)40/h3-18,30H,19H2,1-2H3. The van der Waals surface area contributed by atoms with Crippen LogP contribution in [0, 0.1) is 10.1 Å². The van der Waals surface area contributed by atoms with E-state index in [0.29, 0.717) is 32.1 Å². The number of rotatable bonds is 8. The molecule has 0 saturated carbocycles. The summed E-state index contributed by atoms with van der Waals surface area (Å²) in [6, 6.07) is 25.9. The van der Waals surface area contributed by atoms with Gasteiger partial charge in [0.05, 0.1) is 32.3 Å². The Morgan fingerprint density at radius 1 is 1.07 bits per heavy atom. The Hall–Kier alpha value is -5.00. The van der Waals surface area contributed by atoms with E-state index < -0.39 is 16.9 Å². The van der Waals surface area contributed by atoms with Gasteiger partial charge in [0.25, 0.3) is 11.2 Å². The van der Waals surface area contributed by atoms with Gasteiger partial charge in [-0.05, 0) is 54.6 Å². The summed E-state index contributed by atoms with van der Waals surface area (Å²) >= 11 is 2.77. The van der Waals surface area contributed by atoms with E-state index in [-0.39, 0.29) is 23.4 Å². The van der Waals surface area contributed by atoms with E-state index in [1.165, 1.54) is 22.0 Å². The first kappa shape index (κ1) is 29.1. The molecule has 0 fully saturated rings. The lowest BCUT2D eigenvalue weighted by molar-refractivity contribution is -0.384. The number of aromatic nitrogens is 1. The molecule has 11 heteroatoms. The molecule has 220 valence electrons. The molecule has 2 aromatic heterocycles. The third kappa shape index (κ3) is 5.67. The van der Waals surface area contributed by atoms with Gasteiger partial charge in [-0.15, -0.1) is 11.8 Å². The lowest BCUT2D eigenvalue weighted by Crippen LogP contribution is -2.39. The second kappa shape index (κ2) is 12.3. The molecule has 3 aromatic carbocycles. The van der Waals surface area contributed by atoms with Crippen LogP contribution in [0.15, 0.2) is 121 Å². The number of carbonyl (C=O) groups is 1. The van der Waals surface area contributed by atoms with E-state index in [2.05, 4.69) is 4.99 Å². The number of nitro benzene ring substituents is 1. The summed E-state index contributed by atoms with van der Waals surface area (Å²) in [6.07, 6.45) is 3.56. The Balaban J connectivity index is 1.42. The molecule has 0 N–H and O–H groups in total. The number of esters is 1. The second-order valence-corrected chi connectivity index (χ2v) is 11.8. The summed E-state index contributed by atoms with van der Waals surface area (Å²) in [5.74, 6) is 0.105. The van der Waals surface area contributed by atoms with Gasteiger partial charge in [-0.3, -0.25) is 19.5 Å². The second-order valence-electron chi connectivity index (χ2n) is 9.89. The number of hydrogen-bond donors (Lipinski definition) is 0. The number of para-hydroxylation sites is 1. The molecule has 0 spiro atoms. The van der Waals surface area contributed by atoms with Crippen molar-refractivity contribution in [1.82, 2.24) is 4.57 Å². The van der Waals surface area contributed by atoms with Crippen molar-refractivity contribution in [3.63, 3.8) is 0 Å². The monoisotopic (exact) mass is 623 g/mol. The van der Waals surface area contributed by atoms with Crippen LogP contribution in [0.5, 0.6) is 0 Å². The van der Waals surface area contributed by atoms with Crippen molar-refractivity contribution >= 4 is 40.8 Å². The molecule has 3 heterocycles. The molecule has 6 rings (SSSR count). The molecule has 1 unspecified atom stereocenters. The SMILES string of the molecule is CSc1ccc(C2C(C(=O)OCc3ccccc3)=C(C)N=c3sc(=Cc4ccc(-c5ccccc5[N+](=O)[O-])o4)c(=O)n32)cc1. The molecule has 0 radical (unpaired) electrons. The maximum Gasteiger partial charge on any atom is 0.338 e. The summed E-state index contributed by atoms with van der Waals surface area (Å²) < 4.78 is 13.5. The van der Waals surface area contributed by atoms with Gasteiger partial charge in [0.15, 0.2) is 4.80 Å². The van der Waals surface area contributed by atoms with Crippen molar-refractivity contribution in [2.24, 2.45) is 4.99 Å². The Morgan fingerprint density at radius 2 is 1.80 bits per heavy atom. The fourth-order valence-electron chi connectivity index (χ4n) is 5.03. The number of allylic oxidation sites excluding steroid dienone is 1. The number of nitro groups is 1. The Morgan fingerprint density at radius 3 is 2.52 bits per heavy atom. The molecule has 44 heavy (non-hydrogen) atoms. The number of carbonyl (C=O) groups excluding carboxylic acids is 1. The molecule has 0 aliphatic carbocycles. The zero-order chi connectivity index (χ0) is 30.8. The average molecular weight is 624 g/mol. The van der Waals surface area contributed by atoms with Crippen LogP contribution in [-0.2, 0) is 16.1 Å². The van der Waals surface area contributed by atoms with Gasteiger partial charge in [0.2, 0.25) is 0 Å². The van der Waals surface area contributed by atoms with E-state index >= 15 is 0 Å². The van der Waals surface area contributed by atoms with E-state index in [1.807, 2.05) is 60.9 Å². The van der Waals surface area contributed by atoms with E-state index in [9.17, 15) is 19.7 Å². The lowest BCUT2D eigenvalue weighted by Gasteiger charge is -2.25. The van der Waals surface area contributed by atoms with Crippen LogP contribution in [0.2, 0.25) is 0 Å². The van der Waals surface area contributed by atoms with E-state index in [0.717, 1.165) is 16.0 Å². The Kier molecular flexibility index (Phi) is 8.14. The number of furan rings is 1. The molecular formula is C33H25N3O6S2. The number of fused-ring (bicyclic) bond motifs is 1. The minimum absolute atomic E-state index is 0.0811. The number of ether oxygens (including phenoxy) is 1. The summed E-state index contributed by atoms with van der Waals surface area (Å²) in [5.41, 5.74) is 2.24. The molecule has 1 atom stereocenters. The topological polar surface area (TPSA) is 117 Å². The summed E-state index contributed by atoms with van der Waals surface area (Å²) in [5, 5.41) is 11.5. The van der Waals surface area contributed by atoms with Gasteiger partial charge < -0.3 is 9.15 Å². The summed E-state index contributed by atoms with van der Waals surface area (Å²) in [4.78, 5) is 44.7. The Bertz CT molecular complexity index is 2090. The highest BCUT2D eigenvalue weighted by Crippen LogP contribution is 2.33. The van der Waals surface area contributed by atoms with E-state index in [4.69, 9.17) is 9.15 Å². The highest BCUT2D eigenvalue weighted by Gasteiger charge is 2.33. The zero-order valence-electron chi connectivity index (χ0n) is 23.6. The van der Waals surface area contributed by atoms with Crippen LogP contribution in [-0.4, -0.2) is 21.7 Å². The van der Waals surface area contributed by atoms with Crippen molar-refractivity contribution in [3.8, 4) is 11.3 Å². The fraction of sp³-hybridized carbons (Fsp3) is 0.121. The molecule has 0 bridgehead atoms. The number of nitrogens with zero attached hydrogens (tertiary/aromatic N) is 3. The molecule has 5 aromatic rings. The van der Waals surface area contributed by atoms with Crippen molar-refractivity contribution < 1.29 is 18.9 Å². The molecule has 1 aliphatic rings. The van der Waals surface area contributed by atoms with Crippen LogP contribution in [0.1, 0.15) is 29.9 Å². The maximum atomic E-state index is 14.0. The van der Waals surface area contributed by atoms with Crippen LogP contribution in [0.4, 0.5) is 5.69 Å². The molecule has 1 aliphatic heterocycles. The van der Waals surface area contributed by atoms with Gasteiger partial charge in [-0.2, -0.15) is 0 Å². The summed E-state index contributed by atoms with van der Waals surface area (Å²) in [6.45, 7) is 1.82. The third-order valence-corrected chi connectivity index (χ3v) is 8.88. The highest BCUT2D eigenvalue weighted by molar-refractivity contribution is 7.98. The average Bonchev–Trinajstić information content (AvgIpc) is 3.63. The minimum atomic E-state index is -0.758. The quantitative estimate of drug-likeness (QED) is 0.0919. The zero-order valence-corrected chi connectivity index (χ0v) is 25.3.